The first-order chi connectivity index (χ1) is 9.63. The lowest BCUT2D eigenvalue weighted by Gasteiger charge is -2.28. The van der Waals surface area contributed by atoms with Crippen molar-refractivity contribution in [3.05, 3.63) is 29.2 Å². The van der Waals surface area contributed by atoms with Gasteiger partial charge in [-0.1, -0.05) is 32.9 Å². The summed E-state index contributed by atoms with van der Waals surface area (Å²) in [7, 11) is -2.87. The first kappa shape index (κ1) is 17.3. The van der Waals surface area contributed by atoms with Crippen molar-refractivity contribution < 1.29 is 23.1 Å². The smallest absolute Gasteiger partial charge is 0.324 e. The Morgan fingerprint density at radius 3 is 2.33 bits per heavy atom. The third-order valence-electron chi connectivity index (χ3n) is 2.86. The molecule has 0 fully saturated rings. The summed E-state index contributed by atoms with van der Waals surface area (Å²) in [5.74, 6) is -0.696. The highest BCUT2D eigenvalue weighted by molar-refractivity contribution is 7.89. The number of nitroso groups, excluding NO2 is 1. The third-order valence-corrected chi connectivity index (χ3v) is 4.34. The molecule has 8 heteroatoms. The van der Waals surface area contributed by atoms with Crippen LogP contribution in [-0.2, 0) is 19.6 Å². The van der Waals surface area contributed by atoms with Crippen molar-refractivity contribution in [2.24, 2.45) is 5.41 Å². The summed E-state index contributed by atoms with van der Waals surface area (Å²) < 4.78 is 31.7. The average molecular weight is 315 g/mol. The van der Waals surface area contributed by atoms with E-state index in [1.807, 2.05) is 0 Å². The van der Waals surface area contributed by atoms with Gasteiger partial charge in [-0.05, 0) is 11.5 Å². The summed E-state index contributed by atoms with van der Waals surface area (Å²) in [6, 6.07) is 4.55. The number of esters is 1. The van der Waals surface area contributed by atoms with Crippen LogP contribution in [-0.4, -0.2) is 27.5 Å². The molecule has 1 aromatic carbocycles. The van der Waals surface area contributed by atoms with Gasteiger partial charge < -0.3 is 4.74 Å². The second-order valence-corrected chi connectivity index (χ2v) is 7.22. The number of carbonyl (C=O) groups is 1. The molecule has 1 rings (SSSR count). The zero-order valence-corrected chi connectivity index (χ0v) is 13.2. The van der Waals surface area contributed by atoms with Crippen molar-refractivity contribution in [3.63, 3.8) is 0 Å². The third kappa shape index (κ3) is 4.08. The Labute approximate surface area is 123 Å². The quantitative estimate of drug-likeness (QED) is 0.746. The standard InChI is InChI=1S/C13H18N2O5S/c1-13(2,3)11(12(16)20-4)15-21(18,19)10-8-6-5-7-9(10)14-17/h5-8,11,15H,1-4H3/p+1/t11-/m1/s1. The fraction of sp³-hybridized carbons (Fsp3) is 0.462. The van der Waals surface area contributed by atoms with Gasteiger partial charge in [-0.25, -0.2) is 8.42 Å². The Bertz CT molecular complexity index is 634. The fourth-order valence-electron chi connectivity index (χ4n) is 1.70. The SMILES string of the molecule is COC(=O)[C@@H](NS(=O)(=O)c1ccccc1[NH+]=O)C(C)(C)C. The van der Waals surface area contributed by atoms with Crippen LogP contribution in [0, 0.1) is 10.3 Å². The zero-order chi connectivity index (χ0) is 16.3. The van der Waals surface area contributed by atoms with Gasteiger partial charge in [0, 0.05) is 16.2 Å². The lowest BCUT2D eigenvalue weighted by Crippen LogP contribution is -2.57. The molecule has 2 N–H and O–H groups in total. The van der Waals surface area contributed by atoms with E-state index in [0.29, 0.717) is 0 Å². The van der Waals surface area contributed by atoms with Crippen molar-refractivity contribution in [1.29, 1.82) is 0 Å². The van der Waals surface area contributed by atoms with Gasteiger partial charge in [-0.2, -0.15) is 4.72 Å². The predicted octanol–water partition coefficient (Wildman–Crippen LogP) is 0.0311. The number of carbonyl (C=O) groups excluding carboxylic acids is 1. The number of ether oxygens (including phenoxy) is 1. The highest BCUT2D eigenvalue weighted by Crippen LogP contribution is 2.24. The van der Waals surface area contributed by atoms with Gasteiger partial charge in [0.15, 0.2) is 4.90 Å². The molecule has 1 atom stereocenters. The van der Waals surface area contributed by atoms with Crippen LogP contribution in [0.4, 0.5) is 5.69 Å². The molecule has 7 nitrogen and oxygen atoms in total. The molecular weight excluding hydrogens is 296 g/mol. The maximum absolute atomic E-state index is 12.4. The van der Waals surface area contributed by atoms with Crippen molar-refractivity contribution in [1.82, 2.24) is 4.72 Å². The minimum Gasteiger partial charge on any atom is -0.468 e. The van der Waals surface area contributed by atoms with Crippen LogP contribution >= 0.6 is 0 Å². The first-order valence-electron chi connectivity index (χ1n) is 6.21. The molecular formula is C13H19N2O5S+. The normalized spacial score (nSPS) is 13.5. The molecule has 0 amide bonds. The lowest BCUT2D eigenvalue weighted by molar-refractivity contribution is -0.382. The Kier molecular flexibility index (Phi) is 5.19. The van der Waals surface area contributed by atoms with E-state index in [1.165, 1.54) is 31.4 Å². The largest absolute Gasteiger partial charge is 0.468 e. The van der Waals surface area contributed by atoms with Crippen molar-refractivity contribution in [2.45, 2.75) is 31.7 Å². The van der Waals surface area contributed by atoms with Crippen LogP contribution in [0.15, 0.2) is 29.2 Å². The molecule has 1 aromatic rings. The summed E-state index contributed by atoms with van der Waals surface area (Å²) in [5, 5.41) is 1.57. The van der Waals surface area contributed by atoms with E-state index in [9.17, 15) is 18.1 Å². The van der Waals surface area contributed by atoms with Crippen LogP contribution < -0.4 is 9.90 Å². The van der Waals surface area contributed by atoms with Crippen LogP contribution in [0.3, 0.4) is 0 Å². The summed E-state index contributed by atoms with van der Waals surface area (Å²) in [4.78, 5) is 22.4. The summed E-state index contributed by atoms with van der Waals surface area (Å²) in [6.45, 7) is 5.11. The predicted molar refractivity (Wildman–Crippen MR) is 76.0 cm³/mol. The second kappa shape index (κ2) is 6.31. The Balaban J connectivity index is 3.24. The van der Waals surface area contributed by atoms with Crippen molar-refractivity contribution in [2.75, 3.05) is 7.11 Å². The molecule has 0 radical (unpaired) electrons. The number of hydrogen-bond donors (Lipinski definition) is 2. The van der Waals surface area contributed by atoms with Gasteiger partial charge in [0.25, 0.3) is 5.69 Å². The van der Waals surface area contributed by atoms with Crippen LogP contribution in [0.2, 0.25) is 0 Å². The fourth-order valence-corrected chi connectivity index (χ4v) is 3.24. The molecule has 116 valence electrons. The van der Waals surface area contributed by atoms with Gasteiger partial charge in [-0.3, -0.25) is 4.79 Å². The van der Waals surface area contributed by atoms with Gasteiger partial charge in [-0.15, -0.1) is 0 Å². The Morgan fingerprint density at radius 1 is 1.29 bits per heavy atom. The van der Waals surface area contributed by atoms with E-state index < -0.39 is 27.4 Å². The number of rotatable bonds is 5. The van der Waals surface area contributed by atoms with Crippen molar-refractivity contribution >= 4 is 21.7 Å². The highest BCUT2D eigenvalue weighted by Gasteiger charge is 2.37. The molecule has 21 heavy (non-hydrogen) atoms. The molecule has 0 saturated carbocycles. The first-order valence-corrected chi connectivity index (χ1v) is 7.69. The Hall–Kier alpha value is -1.80. The molecule has 0 heterocycles. The van der Waals surface area contributed by atoms with Crippen LogP contribution in [0.1, 0.15) is 20.8 Å². The lowest BCUT2D eigenvalue weighted by atomic mass is 9.87. The molecule has 0 aromatic heterocycles. The number of para-hydroxylation sites is 1. The van der Waals surface area contributed by atoms with Gasteiger partial charge in [0.1, 0.15) is 6.04 Å². The highest BCUT2D eigenvalue weighted by atomic mass is 32.2. The van der Waals surface area contributed by atoms with E-state index in [-0.39, 0.29) is 10.6 Å². The van der Waals surface area contributed by atoms with E-state index >= 15 is 0 Å². The maximum Gasteiger partial charge on any atom is 0.324 e. The zero-order valence-electron chi connectivity index (χ0n) is 12.3. The topological polar surface area (TPSA) is 104 Å². The maximum atomic E-state index is 12.4. The number of benzene rings is 1. The number of sulfonamides is 1. The molecule has 0 aliphatic heterocycles. The summed E-state index contributed by atoms with van der Waals surface area (Å²) in [5.41, 5.74) is -0.789. The molecule has 0 bridgehead atoms. The number of nitrogens with one attached hydrogen (secondary N) is 2. The second-order valence-electron chi connectivity index (χ2n) is 5.54. The minimum absolute atomic E-state index is 0.0949. The minimum atomic E-state index is -4.05. The molecule has 0 saturated heterocycles. The average Bonchev–Trinajstić information content (AvgIpc) is 2.42. The van der Waals surface area contributed by atoms with Crippen LogP contribution in [0.5, 0.6) is 0 Å². The molecule has 0 aliphatic carbocycles. The summed E-state index contributed by atoms with van der Waals surface area (Å²) in [6.07, 6.45) is 0. The Morgan fingerprint density at radius 2 is 1.86 bits per heavy atom. The summed E-state index contributed by atoms with van der Waals surface area (Å²) >= 11 is 0. The number of methoxy groups -OCH3 is 1. The molecule has 0 unspecified atom stereocenters. The van der Waals surface area contributed by atoms with E-state index in [4.69, 9.17) is 0 Å². The van der Waals surface area contributed by atoms with E-state index in [2.05, 4.69) is 9.46 Å². The van der Waals surface area contributed by atoms with Gasteiger partial charge in [0.2, 0.25) is 10.0 Å². The van der Waals surface area contributed by atoms with Gasteiger partial charge in [0.05, 0.1) is 7.11 Å². The monoisotopic (exact) mass is 315 g/mol. The van der Waals surface area contributed by atoms with E-state index in [0.717, 1.165) is 0 Å². The van der Waals surface area contributed by atoms with Crippen LogP contribution in [0.25, 0.3) is 0 Å². The number of hydrogen-bond acceptors (Lipinski definition) is 5. The van der Waals surface area contributed by atoms with Crippen molar-refractivity contribution in [3.8, 4) is 0 Å². The van der Waals surface area contributed by atoms with Gasteiger partial charge >= 0.3 is 5.97 Å². The van der Waals surface area contributed by atoms with E-state index in [1.54, 1.807) is 25.9 Å². The molecule has 0 aliphatic rings. The molecule has 0 spiro atoms.